The van der Waals surface area contributed by atoms with Gasteiger partial charge in [0.1, 0.15) is 6.10 Å². The summed E-state index contributed by atoms with van der Waals surface area (Å²) in [5.74, 6) is 0.954. The number of ether oxygens (including phenoxy) is 2. The first-order chi connectivity index (χ1) is 14.0. The highest BCUT2D eigenvalue weighted by molar-refractivity contribution is 14.0. The standard InChI is InChI=1S/C22H34N4O3.HI/c1-17-9-11-22(12-10-17)28-16-19(29-22)14-24-21(25-15-20(27)26(2)3)23-13-18-7-5-4-6-8-18;/h4-8,17,19H,9-16H2,1-3H3,(H2,23,24,25);1H. The molecule has 8 heteroatoms. The Bertz CT molecular complexity index is 691. The summed E-state index contributed by atoms with van der Waals surface area (Å²) in [5.41, 5.74) is 1.11. The van der Waals surface area contributed by atoms with Crippen LogP contribution in [0.25, 0.3) is 0 Å². The topological polar surface area (TPSA) is 75.2 Å². The van der Waals surface area contributed by atoms with Crippen LogP contribution < -0.4 is 10.6 Å². The fourth-order valence-electron chi connectivity index (χ4n) is 3.64. The summed E-state index contributed by atoms with van der Waals surface area (Å²) in [4.78, 5) is 18.1. The van der Waals surface area contributed by atoms with Gasteiger partial charge in [-0.3, -0.25) is 4.79 Å². The number of amides is 1. The monoisotopic (exact) mass is 530 g/mol. The van der Waals surface area contributed by atoms with E-state index in [-0.39, 0.29) is 42.5 Å². The summed E-state index contributed by atoms with van der Waals surface area (Å²) >= 11 is 0. The largest absolute Gasteiger partial charge is 0.354 e. The summed E-state index contributed by atoms with van der Waals surface area (Å²) in [7, 11) is 3.48. The van der Waals surface area contributed by atoms with Crippen molar-refractivity contribution in [1.29, 1.82) is 0 Å². The van der Waals surface area contributed by atoms with Gasteiger partial charge in [-0.15, -0.1) is 24.0 Å². The highest BCUT2D eigenvalue weighted by Crippen LogP contribution is 2.39. The van der Waals surface area contributed by atoms with E-state index < -0.39 is 5.79 Å². The van der Waals surface area contributed by atoms with Gasteiger partial charge in [-0.05, 0) is 24.3 Å². The molecule has 1 spiro atoms. The summed E-state index contributed by atoms with van der Waals surface area (Å²) in [5, 5.41) is 6.44. The van der Waals surface area contributed by atoms with Crippen LogP contribution in [-0.4, -0.2) is 62.4 Å². The van der Waals surface area contributed by atoms with Gasteiger partial charge < -0.3 is 25.0 Å². The zero-order chi connectivity index (χ0) is 20.7. The van der Waals surface area contributed by atoms with Gasteiger partial charge in [-0.25, -0.2) is 4.99 Å². The molecular formula is C22H35IN4O3. The number of hydrogen-bond acceptors (Lipinski definition) is 4. The van der Waals surface area contributed by atoms with Crippen molar-refractivity contribution in [2.75, 3.05) is 33.8 Å². The molecule has 0 bridgehead atoms. The second-order valence-corrected chi connectivity index (χ2v) is 8.32. The molecule has 1 aromatic rings. The Morgan fingerprint density at radius 2 is 1.90 bits per heavy atom. The number of carbonyl (C=O) groups is 1. The Balaban J connectivity index is 0.00000320. The fourth-order valence-corrected chi connectivity index (χ4v) is 3.64. The fraction of sp³-hybridized carbons (Fsp3) is 0.636. The van der Waals surface area contributed by atoms with Crippen LogP contribution >= 0.6 is 24.0 Å². The number of halogens is 1. The van der Waals surface area contributed by atoms with E-state index in [1.165, 1.54) is 0 Å². The summed E-state index contributed by atoms with van der Waals surface area (Å²) in [6.45, 7) is 4.20. The van der Waals surface area contributed by atoms with Crippen molar-refractivity contribution in [1.82, 2.24) is 15.5 Å². The number of rotatable bonds is 6. The minimum Gasteiger partial charge on any atom is -0.354 e. The molecule has 0 aromatic heterocycles. The first kappa shape index (κ1) is 24.9. The predicted octanol–water partition coefficient (Wildman–Crippen LogP) is 2.75. The lowest BCUT2D eigenvalue weighted by molar-refractivity contribution is -0.191. The molecule has 168 valence electrons. The number of nitrogens with one attached hydrogen (secondary N) is 2. The zero-order valence-corrected chi connectivity index (χ0v) is 20.6. The Kier molecular flexibility index (Phi) is 9.83. The van der Waals surface area contributed by atoms with Crippen molar-refractivity contribution in [3.05, 3.63) is 35.9 Å². The van der Waals surface area contributed by atoms with E-state index in [0.717, 1.165) is 37.2 Å². The normalized spacial score (nSPS) is 26.2. The van der Waals surface area contributed by atoms with Gasteiger partial charge in [0.2, 0.25) is 5.91 Å². The average molecular weight is 530 g/mol. The van der Waals surface area contributed by atoms with Crippen molar-refractivity contribution < 1.29 is 14.3 Å². The zero-order valence-electron chi connectivity index (χ0n) is 18.2. The molecule has 2 aliphatic rings. The first-order valence-electron chi connectivity index (χ1n) is 10.5. The lowest BCUT2D eigenvalue weighted by atomic mass is 9.86. The summed E-state index contributed by atoms with van der Waals surface area (Å²) in [6, 6.07) is 10.0. The Morgan fingerprint density at radius 1 is 1.20 bits per heavy atom. The minimum absolute atomic E-state index is 0. The SMILES string of the molecule is CC1CCC2(CC1)OCC(CNC(=NCc1ccccc1)NCC(=O)N(C)C)O2.I. The van der Waals surface area contributed by atoms with Gasteiger partial charge >= 0.3 is 0 Å². The predicted molar refractivity (Wildman–Crippen MR) is 129 cm³/mol. The summed E-state index contributed by atoms with van der Waals surface area (Å²) < 4.78 is 12.3. The van der Waals surface area contributed by atoms with Crippen LogP contribution in [-0.2, 0) is 20.8 Å². The second kappa shape index (κ2) is 11.9. The maximum atomic E-state index is 11.9. The number of carbonyl (C=O) groups excluding carboxylic acids is 1. The lowest BCUT2D eigenvalue weighted by Crippen LogP contribution is -2.46. The van der Waals surface area contributed by atoms with Crippen molar-refractivity contribution in [3.63, 3.8) is 0 Å². The number of likely N-dealkylation sites (N-methyl/N-ethyl adjacent to an activating group) is 1. The molecule has 1 aromatic carbocycles. The molecule has 30 heavy (non-hydrogen) atoms. The molecule has 1 saturated heterocycles. The first-order valence-corrected chi connectivity index (χ1v) is 10.5. The van der Waals surface area contributed by atoms with Crippen LogP contribution in [0.3, 0.4) is 0 Å². The van der Waals surface area contributed by atoms with Gasteiger partial charge in [0.15, 0.2) is 11.7 Å². The van der Waals surface area contributed by atoms with E-state index in [9.17, 15) is 4.79 Å². The number of hydrogen-bond donors (Lipinski definition) is 2. The molecule has 1 amide bonds. The van der Waals surface area contributed by atoms with E-state index in [2.05, 4.69) is 22.5 Å². The molecule has 0 radical (unpaired) electrons. The van der Waals surface area contributed by atoms with E-state index in [1.54, 1.807) is 19.0 Å². The maximum absolute atomic E-state index is 11.9. The van der Waals surface area contributed by atoms with Crippen molar-refractivity contribution >= 4 is 35.8 Å². The molecule has 1 aliphatic heterocycles. The third-order valence-electron chi connectivity index (χ3n) is 5.62. The molecule has 1 aliphatic carbocycles. The number of benzene rings is 1. The number of guanidine groups is 1. The van der Waals surface area contributed by atoms with Crippen LogP contribution in [0.1, 0.15) is 38.2 Å². The molecule has 2 fully saturated rings. The van der Waals surface area contributed by atoms with Crippen molar-refractivity contribution in [2.24, 2.45) is 10.9 Å². The molecule has 1 saturated carbocycles. The van der Waals surface area contributed by atoms with Gasteiger partial charge in [0.05, 0.1) is 19.7 Å². The van der Waals surface area contributed by atoms with Gasteiger partial charge in [0.25, 0.3) is 0 Å². The van der Waals surface area contributed by atoms with E-state index in [4.69, 9.17) is 9.47 Å². The van der Waals surface area contributed by atoms with Gasteiger partial charge in [-0.2, -0.15) is 0 Å². The van der Waals surface area contributed by atoms with E-state index in [1.807, 2.05) is 30.3 Å². The van der Waals surface area contributed by atoms with Crippen LogP contribution in [0.5, 0.6) is 0 Å². The Hall–Kier alpha value is -1.39. The maximum Gasteiger partial charge on any atom is 0.241 e. The smallest absolute Gasteiger partial charge is 0.241 e. The third kappa shape index (κ3) is 7.39. The van der Waals surface area contributed by atoms with Crippen LogP contribution in [0.4, 0.5) is 0 Å². The van der Waals surface area contributed by atoms with Crippen LogP contribution in [0, 0.1) is 5.92 Å². The molecule has 2 N–H and O–H groups in total. The second-order valence-electron chi connectivity index (χ2n) is 8.32. The minimum atomic E-state index is -0.394. The molecule has 3 rings (SSSR count). The van der Waals surface area contributed by atoms with Gasteiger partial charge in [-0.1, -0.05) is 37.3 Å². The average Bonchev–Trinajstić information content (AvgIpc) is 3.13. The van der Waals surface area contributed by atoms with Crippen molar-refractivity contribution in [2.45, 2.75) is 51.0 Å². The molecular weight excluding hydrogens is 495 g/mol. The van der Waals surface area contributed by atoms with Gasteiger partial charge in [0, 0.05) is 33.5 Å². The molecule has 7 nitrogen and oxygen atoms in total. The van der Waals surface area contributed by atoms with Crippen LogP contribution in [0.15, 0.2) is 35.3 Å². The Labute approximate surface area is 197 Å². The molecule has 1 heterocycles. The van der Waals surface area contributed by atoms with E-state index in [0.29, 0.717) is 25.7 Å². The highest BCUT2D eigenvalue weighted by Gasteiger charge is 2.43. The van der Waals surface area contributed by atoms with E-state index >= 15 is 0 Å². The lowest BCUT2D eigenvalue weighted by Gasteiger charge is -2.34. The van der Waals surface area contributed by atoms with Crippen molar-refractivity contribution in [3.8, 4) is 0 Å². The third-order valence-corrected chi connectivity index (χ3v) is 5.62. The van der Waals surface area contributed by atoms with Crippen LogP contribution in [0.2, 0.25) is 0 Å². The number of nitrogens with zero attached hydrogens (tertiary/aromatic N) is 2. The Morgan fingerprint density at radius 3 is 2.57 bits per heavy atom. The summed E-state index contributed by atoms with van der Waals surface area (Å²) in [6.07, 6.45) is 4.22. The highest BCUT2D eigenvalue weighted by atomic mass is 127. The molecule has 1 atom stereocenters. The number of aliphatic imine (C=N–C) groups is 1. The molecule has 1 unspecified atom stereocenters. The quantitative estimate of drug-likeness (QED) is 0.336.